The SMILES string of the molecule is C/C=C/c1ccc(OC)c(OCc2ccccc2)c1. The molecule has 0 saturated heterocycles. The minimum Gasteiger partial charge on any atom is -0.493 e. The van der Waals surface area contributed by atoms with E-state index >= 15 is 0 Å². The molecule has 0 heterocycles. The molecule has 98 valence electrons. The summed E-state index contributed by atoms with van der Waals surface area (Å²) < 4.78 is 11.2. The summed E-state index contributed by atoms with van der Waals surface area (Å²) in [6.07, 6.45) is 4.04. The van der Waals surface area contributed by atoms with Crippen LogP contribution < -0.4 is 9.47 Å². The summed E-state index contributed by atoms with van der Waals surface area (Å²) in [5.41, 5.74) is 2.24. The average Bonchev–Trinajstić information content (AvgIpc) is 2.47. The molecule has 0 aliphatic rings. The Morgan fingerprint density at radius 1 is 1.00 bits per heavy atom. The van der Waals surface area contributed by atoms with Gasteiger partial charge in [-0.2, -0.15) is 0 Å². The van der Waals surface area contributed by atoms with E-state index in [4.69, 9.17) is 9.47 Å². The predicted molar refractivity (Wildman–Crippen MR) is 78.5 cm³/mol. The molecular formula is C17H18O2. The van der Waals surface area contributed by atoms with E-state index in [2.05, 4.69) is 0 Å². The zero-order valence-corrected chi connectivity index (χ0v) is 11.3. The zero-order valence-electron chi connectivity index (χ0n) is 11.3. The van der Waals surface area contributed by atoms with Crippen molar-refractivity contribution in [3.63, 3.8) is 0 Å². The van der Waals surface area contributed by atoms with E-state index in [0.29, 0.717) is 6.61 Å². The van der Waals surface area contributed by atoms with E-state index in [-0.39, 0.29) is 0 Å². The maximum atomic E-state index is 5.84. The number of benzene rings is 2. The fourth-order valence-electron chi connectivity index (χ4n) is 1.84. The number of hydrogen-bond acceptors (Lipinski definition) is 2. The monoisotopic (exact) mass is 254 g/mol. The molecule has 0 amide bonds. The van der Waals surface area contributed by atoms with Gasteiger partial charge in [0.2, 0.25) is 0 Å². The van der Waals surface area contributed by atoms with Crippen LogP contribution in [-0.2, 0) is 6.61 Å². The second kappa shape index (κ2) is 6.64. The Bertz CT molecular complexity index is 544. The first-order valence-corrected chi connectivity index (χ1v) is 6.31. The molecule has 0 aromatic heterocycles. The maximum Gasteiger partial charge on any atom is 0.162 e. The van der Waals surface area contributed by atoms with Crippen molar-refractivity contribution in [1.82, 2.24) is 0 Å². The second-order valence-electron chi connectivity index (χ2n) is 4.18. The van der Waals surface area contributed by atoms with Gasteiger partial charge in [-0.25, -0.2) is 0 Å². The molecule has 0 spiro atoms. The number of allylic oxidation sites excluding steroid dienone is 1. The van der Waals surface area contributed by atoms with E-state index in [1.807, 2.05) is 67.6 Å². The Labute approximate surface area is 114 Å². The lowest BCUT2D eigenvalue weighted by atomic mass is 10.2. The highest BCUT2D eigenvalue weighted by Gasteiger charge is 2.05. The van der Waals surface area contributed by atoms with E-state index in [9.17, 15) is 0 Å². The van der Waals surface area contributed by atoms with Gasteiger partial charge in [0, 0.05) is 0 Å². The Kier molecular flexibility index (Phi) is 4.62. The Balaban J connectivity index is 2.15. The van der Waals surface area contributed by atoms with Crippen LogP contribution in [0.15, 0.2) is 54.6 Å². The minimum atomic E-state index is 0.538. The molecule has 0 aliphatic heterocycles. The van der Waals surface area contributed by atoms with Gasteiger partial charge in [0.25, 0.3) is 0 Å². The molecule has 0 N–H and O–H groups in total. The van der Waals surface area contributed by atoms with Gasteiger partial charge in [-0.1, -0.05) is 48.6 Å². The Morgan fingerprint density at radius 3 is 2.47 bits per heavy atom. The average molecular weight is 254 g/mol. The van der Waals surface area contributed by atoms with Crippen LogP contribution >= 0.6 is 0 Å². The lowest BCUT2D eigenvalue weighted by Crippen LogP contribution is -1.97. The Morgan fingerprint density at radius 2 is 1.79 bits per heavy atom. The van der Waals surface area contributed by atoms with Crippen LogP contribution in [0.4, 0.5) is 0 Å². The summed E-state index contributed by atoms with van der Waals surface area (Å²) in [6, 6.07) is 16.0. The van der Waals surface area contributed by atoms with E-state index in [1.54, 1.807) is 7.11 Å². The van der Waals surface area contributed by atoms with Gasteiger partial charge in [-0.05, 0) is 30.2 Å². The van der Waals surface area contributed by atoms with Gasteiger partial charge >= 0.3 is 0 Å². The topological polar surface area (TPSA) is 18.5 Å². The molecular weight excluding hydrogens is 236 g/mol. The third-order valence-electron chi connectivity index (χ3n) is 2.78. The van der Waals surface area contributed by atoms with Crippen molar-refractivity contribution in [3.8, 4) is 11.5 Å². The van der Waals surface area contributed by atoms with Crippen LogP contribution in [0.2, 0.25) is 0 Å². The van der Waals surface area contributed by atoms with E-state index < -0.39 is 0 Å². The number of ether oxygens (including phenoxy) is 2. The third kappa shape index (κ3) is 3.62. The van der Waals surface area contributed by atoms with Gasteiger partial charge in [-0.3, -0.25) is 0 Å². The fourth-order valence-corrected chi connectivity index (χ4v) is 1.84. The largest absolute Gasteiger partial charge is 0.493 e. The molecule has 0 radical (unpaired) electrons. The van der Waals surface area contributed by atoms with E-state index in [0.717, 1.165) is 22.6 Å². The number of hydrogen-bond donors (Lipinski definition) is 0. The minimum absolute atomic E-state index is 0.538. The van der Waals surface area contributed by atoms with Crippen molar-refractivity contribution in [2.75, 3.05) is 7.11 Å². The summed E-state index contributed by atoms with van der Waals surface area (Å²) >= 11 is 0. The molecule has 2 heteroatoms. The fraction of sp³-hybridized carbons (Fsp3) is 0.176. The highest BCUT2D eigenvalue weighted by Crippen LogP contribution is 2.29. The van der Waals surface area contributed by atoms with Crippen molar-refractivity contribution < 1.29 is 9.47 Å². The lowest BCUT2D eigenvalue weighted by Gasteiger charge is -2.11. The number of rotatable bonds is 5. The molecule has 0 unspecified atom stereocenters. The lowest BCUT2D eigenvalue weighted by molar-refractivity contribution is 0.284. The predicted octanol–water partition coefficient (Wildman–Crippen LogP) is 4.31. The highest BCUT2D eigenvalue weighted by molar-refractivity contribution is 5.55. The smallest absolute Gasteiger partial charge is 0.162 e. The van der Waals surface area contributed by atoms with E-state index in [1.165, 1.54) is 0 Å². The Hall–Kier alpha value is -2.22. The zero-order chi connectivity index (χ0) is 13.5. The van der Waals surface area contributed by atoms with Crippen LogP contribution in [0.3, 0.4) is 0 Å². The van der Waals surface area contributed by atoms with Crippen molar-refractivity contribution in [2.24, 2.45) is 0 Å². The number of methoxy groups -OCH3 is 1. The first kappa shape index (κ1) is 13.2. The van der Waals surface area contributed by atoms with Gasteiger partial charge in [-0.15, -0.1) is 0 Å². The van der Waals surface area contributed by atoms with Crippen LogP contribution in [0.25, 0.3) is 6.08 Å². The van der Waals surface area contributed by atoms with Crippen molar-refractivity contribution in [2.45, 2.75) is 13.5 Å². The molecule has 2 aromatic rings. The van der Waals surface area contributed by atoms with Crippen LogP contribution in [0.5, 0.6) is 11.5 Å². The first-order valence-electron chi connectivity index (χ1n) is 6.31. The third-order valence-corrected chi connectivity index (χ3v) is 2.78. The molecule has 19 heavy (non-hydrogen) atoms. The van der Waals surface area contributed by atoms with Gasteiger partial charge in [0.15, 0.2) is 11.5 Å². The maximum absolute atomic E-state index is 5.84. The van der Waals surface area contributed by atoms with Crippen LogP contribution in [0.1, 0.15) is 18.1 Å². The molecule has 2 rings (SSSR count). The quantitative estimate of drug-likeness (QED) is 0.791. The molecule has 0 saturated carbocycles. The second-order valence-corrected chi connectivity index (χ2v) is 4.18. The first-order chi connectivity index (χ1) is 9.33. The van der Waals surface area contributed by atoms with Gasteiger partial charge < -0.3 is 9.47 Å². The molecule has 0 atom stereocenters. The van der Waals surface area contributed by atoms with Crippen molar-refractivity contribution in [3.05, 3.63) is 65.7 Å². The normalized spacial score (nSPS) is 10.6. The summed E-state index contributed by atoms with van der Waals surface area (Å²) in [5, 5.41) is 0. The summed E-state index contributed by atoms with van der Waals surface area (Å²) in [4.78, 5) is 0. The van der Waals surface area contributed by atoms with Crippen LogP contribution in [-0.4, -0.2) is 7.11 Å². The van der Waals surface area contributed by atoms with Crippen LogP contribution in [0, 0.1) is 0 Å². The summed E-state index contributed by atoms with van der Waals surface area (Å²) in [6.45, 7) is 2.53. The molecule has 0 fully saturated rings. The van der Waals surface area contributed by atoms with Gasteiger partial charge in [0.05, 0.1) is 7.11 Å². The highest BCUT2D eigenvalue weighted by atomic mass is 16.5. The molecule has 0 bridgehead atoms. The summed E-state index contributed by atoms with van der Waals surface area (Å²) in [5.74, 6) is 1.52. The van der Waals surface area contributed by atoms with Crippen molar-refractivity contribution in [1.29, 1.82) is 0 Å². The summed E-state index contributed by atoms with van der Waals surface area (Å²) in [7, 11) is 1.65. The standard InChI is InChI=1S/C17H18O2/c1-3-7-14-10-11-16(18-2)17(12-14)19-13-15-8-5-4-6-9-15/h3-12H,13H2,1-2H3/b7-3+. The van der Waals surface area contributed by atoms with Gasteiger partial charge in [0.1, 0.15) is 6.61 Å². The molecule has 2 aromatic carbocycles. The molecule has 0 aliphatic carbocycles. The molecule has 2 nitrogen and oxygen atoms in total. The van der Waals surface area contributed by atoms with Crippen molar-refractivity contribution >= 4 is 6.08 Å².